The van der Waals surface area contributed by atoms with E-state index >= 15 is 0 Å². The largest absolute Gasteiger partial charge is 0.447 e. The van der Waals surface area contributed by atoms with Crippen molar-refractivity contribution in [1.82, 2.24) is 0 Å². The van der Waals surface area contributed by atoms with E-state index in [4.69, 9.17) is 0 Å². The molecule has 0 atom stereocenters. The molecule has 0 unspecified atom stereocenters. The van der Waals surface area contributed by atoms with Gasteiger partial charge in [0.25, 0.3) is 0 Å². The zero-order chi connectivity index (χ0) is 7.28. The van der Waals surface area contributed by atoms with E-state index in [1.807, 2.05) is 0 Å². The third kappa shape index (κ3) is 8.22. The van der Waals surface area contributed by atoms with Crippen LogP contribution in [0.3, 0.4) is 0 Å². The SMILES string of the molecule is CC(=O)SCOC(=O)I. The van der Waals surface area contributed by atoms with Crippen molar-refractivity contribution in [2.45, 2.75) is 6.92 Å². The molecule has 0 heterocycles. The Labute approximate surface area is 70.7 Å². The van der Waals surface area contributed by atoms with Gasteiger partial charge in [0, 0.05) is 6.92 Å². The molecule has 0 aromatic heterocycles. The summed E-state index contributed by atoms with van der Waals surface area (Å²) in [5, 5.41) is -0.0485. The molecule has 0 spiro atoms. The van der Waals surface area contributed by atoms with Crippen molar-refractivity contribution in [3.8, 4) is 0 Å². The number of rotatable bonds is 2. The summed E-state index contributed by atoms with van der Waals surface area (Å²) < 4.78 is 4.05. The van der Waals surface area contributed by atoms with Gasteiger partial charge in [0.1, 0.15) is 5.94 Å². The van der Waals surface area contributed by atoms with E-state index in [2.05, 4.69) is 4.74 Å². The lowest BCUT2D eigenvalue weighted by molar-refractivity contribution is -0.109. The molecular weight excluding hydrogens is 255 g/mol. The Balaban J connectivity index is 3.10. The summed E-state index contributed by atoms with van der Waals surface area (Å²) >= 11 is 2.48. The Morgan fingerprint density at radius 3 is 2.56 bits per heavy atom. The predicted octanol–water partition coefficient (Wildman–Crippen LogP) is 1.80. The molecule has 0 N–H and O–H groups in total. The molecule has 9 heavy (non-hydrogen) atoms. The van der Waals surface area contributed by atoms with Crippen molar-refractivity contribution < 1.29 is 14.3 Å². The van der Waals surface area contributed by atoms with Gasteiger partial charge in [0.05, 0.1) is 22.6 Å². The lowest BCUT2D eigenvalue weighted by atomic mass is 10.9. The molecule has 0 aromatic rings. The van der Waals surface area contributed by atoms with Crippen molar-refractivity contribution in [3.05, 3.63) is 0 Å². The first-order valence-electron chi connectivity index (χ1n) is 2.08. The van der Waals surface area contributed by atoms with Crippen LogP contribution in [0.1, 0.15) is 6.92 Å². The van der Waals surface area contributed by atoms with E-state index in [1.165, 1.54) is 29.5 Å². The first-order valence-corrected chi connectivity index (χ1v) is 4.15. The molecule has 0 saturated carbocycles. The second-order valence-corrected chi connectivity index (χ2v) is 3.12. The van der Waals surface area contributed by atoms with Crippen LogP contribution >= 0.6 is 34.4 Å². The number of hydrogen-bond donors (Lipinski definition) is 0. The first-order chi connectivity index (χ1) is 4.13. The van der Waals surface area contributed by atoms with E-state index in [-0.39, 0.29) is 15.0 Å². The van der Waals surface area contributed by atoms with E-state index in [1.54, 1.807) is 0 Å². The lowest BCUT2D eigenvalue weighted by Crippen LogP contribution is -1.93. The highest BCUT2D eigenvalue weighted by Gasteiger charge is 1.96. The summed E-state index contributed by atoms with van der Waals surface area (Å²) in [5.41, 5.74) is 0. The minimum Gasteiger partial charge on any atom is -0.447 e. The average molecular weight is 260 g/mol. The highest BCUT2D eigenvalue weighted by molar-refractivity contribution is 14.1. The molecule has 0 rings (SSSR count). The number of ether oxygens (including phenoxy) is 1. The highest BCUT2D eigenvalue weighted by atomic mass is 127. The highest BCUT2D eigenvalue weighted by Crippen LogP contribution is 2.03. The lowest BCUT2D eigenvalue weighted by Gasteiger charge is -1.94. The van der Waals surface area contributed by atoms with Gasteiger partial charge in [-0.2, -0.15) is 0 Å². The monoisotopic (exact) mass is 260 g/mol. The van der Waals surface area contributed by atoms with Gasteiger partial charge in [-0.1, -0.05) is 0 Å². The summed E-state index contributed by atoms with van der Waals surface area (Å²) in [4.78, 5) is 20.3. The van der Waals surface area contributed by atoms with Crippen LogP contribution in [-0.4, -0.2) is 15.0 Å². The maximum absolute atomic E-state index is 10.2. The molecule has 0 radical (unpaired) electrons. The van der Waals surface area contributed by atoms with Crippen LogP contribution in [0, 0.1) is 0 Å². The molecule has 52 valence electrons. The summed E-state index contributed by atoms with van der Waals surface area (Å²) in [6, 6.07) is 0. The number of hydrogen-bond acceptors (Lipinski definition) is 4. The first kappa shape index (κ1) is 9.22. The zero-order valence-corrected chi connectivity index (χ0v) is 7.69. The maximum atomic E-state index is 10.2. The van der Waals surface area contributed by atoms with Gasteiger partial charge in [-0.15, -0.1) is 0 Å². The fraction of sp³-hybridized carbons (Fsp3) is 0.500. The van der Waals surface area contributed by atoms with Crippen molar-refractivity contribution in [2.24, 2.45) is 0 Å². The molecule has 3 nitrogen and oxygen atoms in total. The van der Waals surface area contributed by atoms with Crippen molar-refractivity contribution in [3.63, 3.8) is 0 Å². The van der Waals surface area contributed by atoms with Crippen LogP contribution in [-0.2, 0) is 9.53 Å². The van der Waals surface area contributed by atoms with Gasteiger partial charge in [-0.05, 0) is 11.8 Å². The topological polar surface area (TPSA) is 43.4 Å². The third-order valence-corrected chi connectivity index (χ3v) is 1.39. The Hall–Kier alpha value is 0.220. The van der Waals surface area contributed by atoms with Crippen LogP contribution in [0.4, 0.5) is 4.79 Å². The fourth-order valence-electron chi connectivity index (χ4n) is 0.159. The van der Waals surface area contributed by atoms with Gasteiger partial charge >= 0.3 is 3.98 Å². The Morgan fingerprint density at radius 2 is 2.22 bits per heavy atom. The summed E-state index contributed by atoms with van der Waals surface area (Å²) in [6.45, 7) is 1.42. The quantitative estimate of drug-likeness (QED) is 0.431. The van der Waals surface area contributed by atoms with Crippen LogP contribution < -0.4 is 0 Å². The third-order valence-electron chi connectivity index (χ3n) is 0.435. The molecule has 0 aliphatic heterocycles. The van der Waals surface area contributed by atoms with E-state index in [0.29, 0.717) is 0 Å². The zero-order valence-electron chi connectivity index (χ0n) is 4.72. The number of halogens is 1. The normalized spacial score (nSPS) is 8.67. The Kier molecular flexibility index (Phi) is 5.16. The second kappa shape index (κ2) is 5.04. The molecule has 0 fully saturated rings. The number of thioether (sulfide) groups is 1. The number of carbonyl (C=O) groups excluding carboxylic acids is 2. The van der Waals surface area contributed by atoms with E-state index < -0.39 is 0 Å². The van der Waals surface area contributed by atoms with Gasteiger partial charge in [0.2, 0.25) is 0 Å². The second-order valence-electron chi connectivity index (χ2n) is 1.14. The molecule has 0 aliphatic rings. The smallest absolute Gasteiger partial charge is 0.367 e. The van der Waals surface area contributed by atoms with Crippen LogP contribution in [0.5, 0.6) is 0 Å². The Morgan fingerprint density at radius 1 is 1.67 bits per heavy atom. The summed E-state index contributed by atoms with van der Waals surface area (Å²) in [5.74, 6) is 0.122. The van der Waals surface area contributed by atoms with Crippen LogP contribution in [0.25, 0.3) is 0 Å². The number of carbonyl (C=O) groups is 2. The van der Waals surface area contributed by atoms with Crippen molar-refractivity contribution in [2.75, 3.05) is 5.94 Å². The summed E-state index contributed by atoms with van der Waals surface area (Å²) in [6.07, 6.45) is 0. The summed E-state index contributed by atoms with van der Waals surface area (Å²) in [7, 11) is 0. The minimum atomic E-state index is -0.388. The molecule has 0 aliphatic carbocycles. The van der Waals surface area contributed by atoms with Crippen LogP contribution in [0.15, 0.2) is 0 Å². The van der Waals surface area contributed by atoms with Gasteiger partial charge in [-0.25, -0.2) is 4.79 Å². The Bertz CT molecular complexity index is 111. The fourth-order valence-corrected chi connectivity index (χ4v) is 0.858. The van der Waals surface area contributed by atoms with E-state index in [0.717, 1.165) is 11.8 Å². The molecule has 0 amide bonds. The average Bonchev–Trinajstić information content (AvgIpc) is 1.63. The molecule has 0 bridgehead atoms. The molecule has 0 saturated heterocycles. The molecular formula is C4H5IO3S. The van der Waals surface area contributed by atoms with Gasteiger partial charge in [0.15, 0.2) is 5.12 Å². The minimum absolute atomic E-state index is 0.0485. The molecule has 0 aromatic carbocycles. The molecule has 5 heteroatoms. The standard InChI is InChI=1S/C4H5IO3S/c1-3(6)9-2-8-4(5)7/h2H2,1H3. The van der Waals surface area contributed by atoms with Crippen molar-refractivity contribution >= 4 is 43.4 Å². The predicted molar refractivity (Wildman–Crippen MR) is 43.6 cm³/mol. The van der Waals surface area contributed by atoms with Gasteiger partial charge in [-0.3, -0.25) is 4.79 Å². The van der Waals surface area contributed by atoms with Crippen molar-refractivity contribution in [1.29, 1.82) is 0 Å². The van der Waals surface area contributed by atoms with Crippen LogP contribution in [0.2, 0.25) is 0 Å². The van der Waals surface area contributed by atoms with E-state index in [9.17, 15) is 9.59 Å². The van der Waals surface area contributed by atoms with Gasteiger partial charge < -0.3 is 4.74 Å². The maximum Gasteiger partial charge on any atom is 0.367 e.